The van der Waals surface area contributed by atoms with Gasteiger partial charge >= 0.3 is 0 Å². The van der Waals surface area contributed by atoms with Crippen molar-refractivity contribution in [3.63, 3.8) is 0 Å². The van der Waals surface area contributed by atoms with Crippen LogP contribution in [0.15, 0.2) is 6.33 Å². The second-order valence-electron chi connectivity index (χ2n) is 3.93. The van der Waals surface area contributed by atoms with Gasteiger partial charge in [-0.05, 0) is 19.4 Å². The number of likely N-dealkylation sites (N-methyl/N-ethyl adjacent to an activating group) is 1. The zero-order valence-electron chi connectivity index (χ0n) is 9.06. The Bertz CT molecular complexity index is 308. The highest BCUT2D eigenvalue weighted by atomic mass is 35.5. The standard InChI is InChI=1S/C10H17ClN4/c1-2-14(9-3-4-9)5-6-15-8-12-13-10(15)7-11/h8-9H,2-7H2,1H3. The van der Waals surface area contributed by atoms with Crippen LogP contribution in [0.25, 0.3) is 0 Å². The third-order valence-corrected chi connectivity index (χ3v) is 3.15. The average molecular weight is 229 g/mol. The first-order valence-corrected chi connectivity index (χ1v) is 6.05. The van der Waals surface area contributed by atoms with Gasteiger partial charge in [0.05, 0.1) is 5.88 Å². The van der Waals surface area contributed by atoms with E-state index in [-0.39, 0.29) is 0 Å². The molecule has 0 spiro atoms. The molecule has 2 rings (SSSR count). The van der Waals surface area contributed by atoms with Crippen molar-refractivity contribution in [1.29, 1.82) is 0 Å². The SMILES string of the molecule is CCN(CCn1cnnc1CCl)C1CC1. The Hall–Kier alpha value is -0.610. The summed E-state index contributed by atoms with van der Waals surface area (Å²) in [6.45, 7) is 5.36. The molecule has 0 bridgehead atoms. The molecule has 1 aliphatic carbocycles. The molecule has 1 fully saturated rings. The summed E-state index contributed by atoms with van der Waals surface area (Å²) in [7, 11) is 0. The van der Waals surface area contributed by atoms with Crippen molar-refractivity contribution in [3.8, 4) is 0 Å². The molecule has 0 atom stereocenters. The first-order valence-electron chi connectivity index (χ1n) is 5.51. The van der Waals surface area contributed by atoms with Gasteiger partial charge in [-0.25, -0.2) is 0 Å². The Balaban J connectivity index is 1.85. The van der Waals surface area contributed by atoms with Crippen molar-refractivity contribution in [2.75, 3.05) is 13.1 Å². The number of halogens is 1. The van der Waals surface area contributed by atoms with Crippen LogP contribution in [0.3, 0.4) is 0 Å². The summed E-state index contributed by atoms with van der Waals surface area (Å²) in [5, 5.41) is 7.83. The quantitative estimate of drug-likeness (QED) is 0.692. The molecule has 0 saturated heterocycles. The van der Waals surface area contributed by atoms with E-state index in [1.165, 1.54) is 12.8 Å². The number of hydrogen-bond donors (Lipinski definition) is 0. The van der Waals surface area contributed by atoms with Gasteiger partial charge < -0.3 is 4.57 Å². The van der Waals surface area contributed by atoms with E-state index in [0.717, 1.165) is 31.5 Å². The number of aromatic nitrogens is 3. The molecule has 1 heterocycles. The molecule has 5 heteroatoms. The van der Waals surface area contributed by atoms with Gasteiger partial charge in [0, 0.05) is 19.1 Å². The molecule has 15 heavy (non-hydrogen) atoms. The van der Waals surface area contributed by atoms with Gasteiger partial charge in [-0.2, -0.15) is 0 Å². The van der Waals surface area contributed by atoms with Crippen LogP contribution < -0.4 is 0 Å². The van der Waals surface area contributed by atoms with Crippen LogP contribution in [-0.4, -0.2) is 38.8 Å². The lowest BCUT2D eigenvalue weighted by Crippen LogP contribution is -2.29. The Morgan fingerprint density at radius 3 is 3.00 bits per heavy atom. The minimum atomic E-state index is 0.440. The van der Waals surface area contributed by atoms with Crippen LogP contribution in [-0.2, 0) is 12.4 Å². The summed E-state index contributed by atoms with van der Waals surface area (Å²) in [5.74, 6) is 1.30. The zero-order chi connectivity index (χ0) is 10.7. The van der Waals surface area contributed by atoms with Gasteiger partial charge in [-0.3, -0.25) is 4.90 Å². The highest BCUT2D eigenvalue weighted by Gasteiger charge is 2.27. The molecule has 1 aliphatic rings. The van der Waals surface area contributed by atoms with E-state index >= 15 is 0 Å². The zero-order valence-corrected chi connectivity index (χ0v) is 9.82. The molecule has 0 aromatic carbocycles. The predicted molar refractivity (Wildman–Crippen MR) is 59.8 cm³/mol. The maximum absolute atomic E-state index is 5.76. The van der Waals surface area contributed by atoms with Crippen LogP contribution in [0.2, 0.25) is 0 Å². The van der Waals surface area contributed by atoms with Crippen LogP contribution in [0.4, 0.5) is 0 Å². The molecule has 0 N–H and O–H groups in total. The monoisotopic (exact) mass is 228 g/mol. The molecular weight excluding hydrogens is 212 g/mol. The number of alkyl halides is 1. The van der Waals surface area contributed by atoms with E-state index in [1.54, 1.807) is 6.33 Å². The molecule has 0 aliphatic heterocycles. The molecule has 4 nitrogen and oxygen atoms in total. The van der Waals surface area contributed by atoms with Crippen LogP contribution in [0.1, 0.15) is 25.6 Å². The summed E-state index contributed by atoms with van der Waals surface area (Å²) < 4.78 is 2.04. The normalized spacial score (nSPS) is 16.2. The smallest absolute Gasteiger partial charge is 0.147 e. The summed E-state index contributed by atoms with van der Waals surface area (Å²) in [5.41, 5.74) is 0. The van der Waals surface area contributed by atoms with Gasteiger partial charge in [0.25, 0.3) is 0 Å². The fourth-order valence-electron chi connectivity index (χ4n) is 1.84. The van der Waals surface area contributed by atoms with Crippen molar-refractivity contribution in [2.24, 2.45) is 0 Å². The Labute approximate surface area is 95.2 Å². The van der Waals surface area contributed by atoms with Gasteiger partial charge in [-0.1, -0.05) is 6.92 Å². The maximum Gasteiger partial charge on any atom is 0.147 e. The van der Waals surface area contributed by atoms with Gasteiger partial charge in [-0.15, -0.1) is 21.8 Å². The van der Waals surface area contributed by atoms with Crippen molar-refractivity contribution in [1.82, 2.24) is 19.7 Å². The average Bonchev–Trinajstić information content (AvgIpc) is 2.98. The molecule has 1 aromatic heterocycles. The lowest BCUT2D eigenvalue weighted by Gasteiger charge is -2.19. The molecule has 1 saturated carbocycles. The predicted octanol–water partition coefficient (Wildman–Crippen LogP) is 1.50. The fourth-order valence-corrected chi connectivity index (χ4v) is 2.05. The number of hydrogen-bond acceptors (Lipinski definition) is 3. The number of rotatable bonds is 6. The molecule has 84 valence electrons. The number of nitrogens with zero attached hydrogens (tertiary/aromatic N) is 4. The van der Waals surface area contributed by atoms with Crippen molar-refractivity contribution >= 4 is 11.6 Å². The first kappa shape index (κ1) is 10.9. The Morgan fingerprint density at radius 2 is 2.40 bits per heavy atom. The summed E-state index contributed by atoms with van der Waals surface area (Å²) >= 11 is 5.76. The van der Waals surface area contributed by atoms with E-state index in [2.05, 4.69) is 22.0 Å². The molecular formula is C10H17ClN4. The fraction of sp³-hybridized carbons (Fsp3) is 0.800. The molecule has 1 aromatic rings. The first-order chi connectivity index (χ1) is 7.35. The Kier molecular flexibility index (Phi) is 3.59. The summed E-state index contributed by atoms with van der Waals surface area (Å²) in [6.07, 6.45) is 4.48. The maximum atomic E-state index is 5.76. The molecule has 0 amide bonds. The van der Waals surface area contributed by atoms with Crippen molar-refractivity contribution in [3.05, 3.63) is 12.2 Å². The van der Waals surface area contributed by atoms with Crippen LogP contribution >= 0.6 is 11.6 Å². The minimum Gasteiger partial charge on any atom is -0.315 e. The Morgan fingerprint density at radius 1 is 1.60 bits per heavy atom. The second kappa shape index (κ2) is 4.94. The highest BCUT2D eigenvalue weighted by Crippen LogP contribution is 2.26. The molecule has 0 radical (unpaired) electrons. The third kappa shape index (κ3) is 2.69. The molecule has 0 unspecified atom stereocenters. The van der Waals surface area contributed by atoms with Gasteiger partial charge in [0.15, 0.2) is 0 Å². The summed E-state index contributed by atoms with van der Waals surface area (Å²) in [6, 6.07) is 0.825. The van der Waals surface area contributed by atoms with E-state index in [4.69, 9.17) is 11.6 Å². The second-order valence-corrected chi connectivity index (χ2v) is 4.20. The van der Waals surface area contributed by atoms with Gasteiger partial charge in [0.1, 0.15) is 12.2 Å². The lowest BCUT2D eigenvalue weighted by atomic mass is 10.4. The highest BCUT2D eigenvalue weighted by molar-refractivity contribution is 6.16. The van der Waals surface area contributed by atoms with E-state index in [9.17, 15) is 0 Å². The van der Waals surface area contributed by atoms with Crippen molar-refractivity contribution < 1.29 is 0 Å². The topological polar surface area (TPSA) is 34.0 Å². The minimum absolute atomic E-state index is 0.440. The third-order valence-electron chi connectivity index (χ3n) is 2.91. The lowest BCUT2D eigenvalue weighted by molar-refractivity contribution is 0.265. The van der Waals surface area contributed by atoms with Crippen LogP contribution in [0.5, 0.6) is 0 Å². The van der Waals surface area contributed by atoms with Gasteiger partial charge in [0.2, 0.25) is 0 Å². The van der Waals surface area contributed by atoms with E-state index in [1.807, 2.05) is 4.57 Å². The van der Waals surface area contributed by atoms with E-state index in [0.29, 0.717) is 5.88 Å². The summed E-state index contributed by atoms with van der Waals surface area (Å²) in [4.78, 5) is 2.51. The van der Waals surface area contributed by atoms with E-state index < -0.39 is 0 Å². The van der Waals surface area contributed by atoms with Crippen molar-refractivity contribution in [2.45, 2.75) is 38.2 Å². The van der Waals surface area contributed by atoms with Crippen LogP contribution in [0, 0.1) is 0 Å². The largest absolute Gasteiger partial charge is 0.315 e.